The first kappa shape index (κ1) is 12.1. The Kier molecular flexibility index (Phi) is 4.87. The van der Waals surface area contributed by atoms with Gasteiger partial charge in [0, 0.05) is 25.7 Å². The minimum atomic E-state index is -0.108. The van der Waals surface area contributed by atoms with E-state index in [0.29, 0.717) is 24.9 Å². The molecule has 4 heteroatoms. The van der Waals surface area contributed by atoms with Gasteiger partial charge in [0.2, 0.25) is 0 Å². The second-order valence-corrected chi connectivity index (χ2v) is 3.31. The number of unbranched alkanes of at least 4 members (excludes halogenated alkanes) is 1. The van der Waals surface area contributed by atoms with E-state index in [4.69, 9.17) is 5.26 Å². The Balaban J connectivity index is 2.56. The molecule has 1 aromatic rings. The van der Waals surface area contributed by atoms with Gasteiger partial charge in [-0.1, -0.05) is 12.1 Å². The molecule has 0 saturated carbocycles. The van der Waals surface area contributed by atoms with Gasteiger partial charge in [-0.2, -0.15) is 5.26 Å². The minimum absolute atomic E-state index is 0.108. The van der Waals surface area contributed by atoms with Crippen LogP contribution in [0.2, 0.25) is 0 Å². The Hall–Kier alpha value is -2.02. The average molecular weight is 217 g/mol. The lowest BCUT2D eigenvalue weighted by molar-refractivity contribution is 0.0954. The van der Waals surface area contributed by atoms with E-state index < -0.39 is 0 Å². The van der Waals surface area contributed by atoms with Crippen LogP contribution in [0.4, 0.5) is 5.69 Å². The molecule has 1 amide bonds. The first-order chi connectivity index (χ1) is 7.79. The molecule has 0 aliphatic heterocycles. The molecular weight excluding hydrogens is 202 g/mol. The number of nitriles is 1. The second-order valence-electron chi connectivity index (χ2n) is 3.31. The smallest absolute Gasteiger partial charge is 0.253 e. The third-order valence-electron chi connectivity index (χ3n) is 2.19. The van der Waals surface area contributed by atoms with Gasteiger partial charge >= 0.3 is 0 Å². The molecule has 16 heavy (non-hydrogen) atoms. The molecule has 0 spiro atoms. The van der Waals surface area contributed by atoms with E-state index in [-0.39, 0.29) is 5.91 Å². The van der Waals surface area contributed by atoms with Gasteiger partial charge in [0.15, 0.2) is 0 Å². The third kappa shape index (κ3) is 3.28. The summed E-state index contributed by atoms with van der Waals surface area (Å²) < 4.78 is 0. The fourth-order valence-electron chi connectivity index (χ4n) is 1.36. The summed E-state index contributed by atoms with van der Waals surface area (Å²) in [4.78, 5) is 11.8. The Morgan fingerprint density at radius 3 is 2.88 bits per heavy atom. The summed E-state index contributed by atoms with van der Waals surface area (Å²) in [6.45, 7) is 0.532. The number of carbonyl (C=O) groups is 1. The molecule has 0 heterocycles. The van der Waals surface area contributed by atoms with E-state index in [1.54, 1.807) is 13.1 Å². The zero-order chi connectivity index (χ0) is 11.8. The van der Waals surface area contributed by atoms with E-state index in [1.165, 1.54) is 0 Å². The predicted molar refractivity (Wildman–Crippen MR) is 63.2 cm³/mol. The number of benzene rings is 1. The van der Waals surface area contributed by atoms with E-state index in [2.05, 4.69) is 10.6 Å². The zero-order valence-electron chi connectivity index (χ0n) is 9.29. The van der Waals surface area contributed by atoms with Crippen LogP contribution < -0.4 is 10.6 Å². The second kappa shape index (κ2) is 6.46. The highest BCUT2D eigenvalue weighted by Gasteiger charge is 2.08. The van der Waals surface area contributed by atoms with Crippen molar-refractivity contribution in [3.63, 3.8) is 0 Å². The van der Waals surface area contributed by atoms with Crippen molar-refractivity contribution >= 4 is 11.6 Å². The SMILES string of the molecule is CNc1ccccc1C(=O)NCCCC#N. The highest BCUT2D eigenvalue weighted by Crippen LogP contribution is 2.13. The monoisotopic (exact) mass is 217 g/mol. The molecule has 0 saturated heterocycles. The van der Waals surface area contributed by atoms with Crippen molar-refractivity contribution < 1.29 is 4.79 Å². The van der Waals surface area contributed by atoms with E-state index >= 15 is 0 Å². The van der Waals surface area contributed by atoms with Crippen molar-refractivity contribution in [3.8, 4) is 6.07 Å². The van der Waals surface area contributed by atoms with E-state index in [9.17, 15) is 4.79 Å². The predicted octanol–water partition coefficient (Wildman–Crippen LogP) is 1.76. The standard InChI is InChI=1S/C12H15N3O/c1-14-11-7-3-2-6-10(11)12(16)15-9-5-4-8-13/h2-3,6-7,14H,4-5,9H2,1H3,(H,15,16). The number of para-hydroxylation sites is 1. The van der Waals surface area contributed by atoms with Crippen molar-refractivity contribution in [1.29, 1.82) is 5.26 Å². The van der Waals surface area contributed by atoms with Crippen LogP contribution in [-0.2, 0) is 0 Å². The summed E-state index contributed by atoms with van der Waals surface area (Å²) in [5.74, 6) is -0.108. The molecule has 1 rings (SSSR count). The van der Waals surface area contributed by atoms with Crippen molar-refractivity contribution in [1.82, 2.24) is 5.32 Å². The number of nitrogens with zero attached hydrogens (tertiary/aromatic N) is 1. The van der Waals surface area contributed by atoms with Crippen LogP contribution in [0.25, 0.3) is 0 Å². The Labute approximate surface area is 95.3 Å². The lowest BCUT2D eigenvalue weighted by atomic mass is 10.1. The van der Waals surface area contributed by atoms with Gasteiger partial charge in [-0.15, -0.1) is 0 Å². The molecule has 0 radical (unpaired) electrons. The summed E-state index contributed by atoms with van der Waals surface area (Å²) in [5, 5.41) is 14.1. The zero-order valence-corrected chi connectivity index (χ0v) is 9.29. The summed E-state index contributed by atoms with van der Waals surface area (Å²) in [6, 6.07) is 9.36. The molecule has 0 unspecified atom stereocenters. The molecule has 0 aliphatic rings. The van der Waals surface area contributed by atoms with Crippen LogP contribution in [0.3, 0.4) is 0 Å². The molecule has 2 N–H and O–H groups in total. The Morgan fingerprint density at radius 1 is 1.44 bits per heavy atom. The van der Waals surface area contributed by atoms with Crippen LogP contribution in [0.15, 0.2) is 24.3 Å². The molecule has 0 bridgehead atoms. The van der Waals surface area contributed by atoms with E-state index in [1.807, 2.05) is 24.3 Å². The fraction of sp³-hybridized carbons (Fsp3) is 0.333. The average Bonchev–Trinajstić information content (AvgIpc) is 2.34. The van der Waals surface area contributed by atoms with Crippen LogP contribution in [-0.4, -0.2) is 19.5 Å². The highest BCUT2D eigenvalue weighted by atomic mass is 16.1. The molecule has 0 aromatic heterocycles. The molecule has 84 valence electrons. The van der Waals surface area contributed by atoms with E-state index in [0.717, 1.165) is 5.69 Å². The van der Waals surface area contributed by atoms with Crippen LogP contribution >= 0.6 is 0 Å². The first-order valence-corrected chi connectivity index (χ1v) is 5.21. The quantitative estimate of drug-likeness (QED) is 0.739. The summed E-state index contributed by atoms with van der Waals surface area (Å²) in [7, 11) is 1.78. The number of hydrogen-bond donors (Lipinski definition) is 2. The van der Waals surface area contributed by atoms with Crippen LogP contribution in [0, 0.1) is 11.3 Å². The Morgan fingerprint density at radius 2 is 2.19 bits per heavy atom. The van der Waals surface area contributed by atoms with Crippen molar-refractivity contribution in [2.75, 3.05) is 18.9 Å². The lowest BCUT2D eigenvalue weighted by Crippen LogP contribution is -2.25. The van der Waals surface area contributed by atoms with Crippen molar-refractivity contribution in [3.05, 3.63) is 29.8 Å². The van der Waals surface area contributed by atoms with Gasteiger partial charge in [0.25, 0.3) is 5.91 Å². The summed E-state index contributed by atoms with van der Waals surface area (Å²) >= 11 is 0. The molecular formula is C12H15N3O. The minimum Gasteiger partial charge on any atom is -0.387 e. The van der Waals surface area contributed by atoms with Crippen molar-refractivity contribution in [2.45, 2.75) is 12.8 Å². The van der Waals surface area contributed by atoms with Crippen LogP contribution in [0.1, 0.15) is 23.2 Å². The number of hydrogen-bond acceptors (Lipinski definition) is 3. The third-order valence-corrected chi connectivity index (χ3v) is 2.19. The summed E-state index contributed by atoms with van der Waals surface area (Å²) in [5.41, 5.74) is 1.43. The van der Waals surface area contributed by atoms with Gasteiger partial charge < -0.3 is 10.6 Å². The Bertz CT molecular complexity index is 395. The number of nitrogens with one attached hydrogen (secondary N) is 2. The molecule has 1 aromatic carbocycles. The first-order valence-electron chi connectivity index (χ1n) is 5.21. The van der Waals surface area contributed by atoms with Gasteiger partial charge in [-0.25, -0.2) is 0 Å². The van der Waals surface area contributed by atoms with Crippen LogP contribution in [0.5, 0.6) is 0 Å². The molecule has 0 atom stereocenters. The van der Waals surface area contributed by atoms with Gasteiger partial charge in [0.05, 0.1) is 11.6 Å². The number of amides is 1. The van der Waals surface area contributed by atoms with Gasteiger partial charge in [-0.3, -0.25) is 4.79 Å². The number of rotatable bonds is 5. The molecule has 0 aliphatic carbocycles. The lowest BCUT2D eigenvalue weighted by Gasteiger charge is -2.08. The number of carbonyl (C=O) groups excluding carboxylic acids is 1. The molecule has 0 fully saturated rings. The molecule has 4 nitrogen and oxygen atoms in total. The topological polar surface area (TPSA) is 64.9 Å². The maximum absolute atomic E-state index is 11.8. The van der Waals surface area contributed by atoms with Gasteiger partial charge in [-0.05, 0) is 18.6 Å². The summed E-state index contributed by atoms with van der Waals surface area (Å²) in [6.07, 6.45) is 1.15. The van der Waals surface area contributed by atoms with Gasteiger partial charge in [0.1, 0.15) is 0 Å². The maximum atomic E-state index is 11.8. The highest BCUT2D eigenvalue weighted by molar-refractivity contribution is 5.99. The van der Waals surface area contributed by atoms with Crippen molar-refractivity contribution in [2.24, 2.45) is 0 Å². The number of anilines is 1. The normalized spacial score (nSPS) is 9.25. The fourth-order valence-corrected chi connectivity index (χ4v) is 1.36. The maximum Gasteiger partial charge on any atom is 0.253 e. The largest absolute Gasteiger partial charge is 0.387 e.